The fourth-order valence-corrected chi connectivity index (χ4v) is 3.16. The van der Waals surface area contributed by atoms with Gasteiger partial charge >= 0.3 is 0 Å². The van der Waals surface area contributed by atoms with Crippen molar-refractivity contribution in [1.82, 2.24) is 4.90 Å². The van der Waals surface area contributed by atoms with Crippen molar-refractivity contribution in [2.75, 3.05) is 18.4 Å². The van der Waals surface area contributed by atoms with Gasteiger partial charge in [0.15, 0.2) is 0 Å². The van der Waals surface area contributed by atoms with Crippen molar-refractivity contribution in [3.05, 3.63) is 64.9 Å². The van der Waals surface area contributed by atoms with E-state index in [0.29, 0.717) is 30.1 Å². The van der Waals surface area contributed by atoms with Crippen LogP contribution in [0.15, 0.2) is 48.5 Å². The van der Waals surface area contributed by atoms with E-state index in [9.17, 15) is 14.0 Å². The third-order valence-electron chi connectivity index (χ3n) is 4.32. The lowest BCUT2D eigenvalue weighted by Crippen LogP contribution is -2.44. The maximum absolute atomic E-state index is 13.8. The summed E-state index contributed by atoms with van der Waals surface area (Å²) in [4.78, 5) is 26.6. The van der Waals surface area contributed by atoms with Crippen molar-refractivity contribution in [1.29, 1.82) is 0 Å². The van der Waals surface area contributed by atoms with Crippen LogP contribution in [-0.2, 0) is 4.79 Å². The topological polar surface area (TPSA) is 49.4 Å². The molecule has 0 radical (unpaired) electrons. The Hall–Kier alpha value is -2.40. The molecule has 0 unspecified atom stereocenters. The molecule has 0 bridgehead atoms. The zero-order valence-electron chi connectivity index (χ0n) is 13.5. The van der Waals surface area contributed by atoms with Crippen molar-refractivity contribution >= 4 is 29.1 Å². The summed E-state index contributed by atoms with van der Waals surface area (Å²) in [6.07, 6.45) is 1.37. The molecule has 4 nitrogen and oxygen atoms in total. The number of halogens is 2. The molecule has 1 atom stereocenters. The van der Waals surface area contributed by atoms with E-state index in [4.69, 9.17) is 11.6 Å². The summed E-state index contributed by atoms with van der Waals surface area (Å²) in [7, 11) is 0. The highest BCUT2D eigenvalue weighted by molar-refractivity contribution is 6.33. The zero-order chi connectivity index (χ0) is 17.8. The lowest BCUT2D eigenvalue weighted by molar-refractivity contribution is -0.121. The third-order valence-corrected chi connectivity index (χ3v) is 4.64. The van der Waals surface area contributed by atoms with Gasteiger partial charge in [-0.3, -0.25) is 9.59 Å². The standard InChI is InChI=1S/C19H18ClFN2O2/c20-15-8-2-4-10-17(15)22-18(24)13-6-5-11-23(12-13)19(25)14-7-1-3-9-16(14)21/h1-4,7-10,13H,5-6,11-12H2,(H,22,24)/t13-/m1/s1. The van der Waals surface area contributed by atoms with Crippen LogP contribution in [0.3, 0.4) is 0 Å². The first-order valence-corrected chi connectivity index (χ1v) is 8.53. The number of piperidine rings is 1. The van der Waals surface area contributed by atoms with Crippen LogP contribution in [0.1, 0.15) is 23.2 Å². The second-order valence-corrected chi connectivity index (χ2v) is 6.45. The number of para-hydroxylation sites is 1. The van der Waals surface area contributed by atoms with E-state index in [0.717, 1.165) is 0 Å². The molecule has 0 aliphatic carbocycles. The Kier molecular flexibility index (Phi) is 5.34. The normalized spacial score (nSPS) is 17.2. The van der Waals surface area contributed by atoms with Crippen molar-refractivity contribution in [3.63, 3.8) is 0 Å². The fourth-order valence-electron chi connectivity index (χ4n) is 2.98. The van der Waals surface area contributed by atoms with Gasteiger partial charge in [0, 0.05) is 13.1 Å². The molecule has 0 saturated carbocycles. The minimum absolute atomic E-state index is 0.0367. The minimum atomic E-state index is -0.546. The van der Waals surface area contributed by atoms with E-state index in [1.165, 1.54) is 12.1 Å². The summed E-state index contributed by atoms with van der Waals surface area (Å²) >= 11 is 6.06. The predicted octanol–water partition coefficient (Wildman–Crippen LogP) is 3.97. The number of nitrogens with one attached hydrogen (secondary N) is 1. The molecule has 1 heterocycles. The second kappa shape index (κ2) is 7.66. The predicted molar refractivity (Wildman–Crippen MR) is 95.1 cm³/mol. The van der Waals surface area contributed by atoms with Crippen LogP contribution >= 0.6 is 11.6 Å². The Balaban J connectivity index is 1.69. The molecule has 1 saturated heterocycles. The van der Waals surface area contributed by atoms with Crippen LogP contribution in [0.5, 0.6) is 0 Å². The number of nitrogens with zero attached hydrogens (tertiary/aromatic N) is 1. The van der Waals surface area contributed by atoms with Gasteiger partial charge in [-0.05, 0) is 37.1 Å². The number of carbonyl (C=O) groups excluding carboxylic acids is 2. The molecule has 0 aromatic heterocycles. The van der Waals surface area contributed by atoms with Gasteiger partial charge in [-0.25, -0.2) is 4.39 Å². The Labute approximate surface area is 150 Å². The maximum Gasteiger partial charge on any atom is 0.256 e. The molecule has 1 aliphatic heterocycles. The van der Waals surface area contributed by atoms with Crippen LogP contribution in [0.2, 0.25) is 5.02 Å². The van der Waals surface area contributed by atoms with E-state index < -0.39 is 5.82 Å². The maximum atomic E-state index is 13.8. The summed E-state index contributed by atoms with van der Waals surface area (Å²) in [6, 6.07) is 12.9. The number of hydrogen-bond donors (Lipinski definition) is 1. The van der Waals surface area contributed by atoms with E-state index in [1.807, 2.05) is 0 Å². The van der Waals surface area contributed by atoms with Crippen LogP contribution in [0.25, 0.3) is 0 Å². The first kappa shape index (κ1) is 17.4. The third kappa shape index (κ3) is 3.99. The van der Waals surface area contributed by atoms with Crippen LogP contribution in [0, 0.1) is 11.7 Å². The number of anilines is 1. The zero-order valence-corrected chi connectivity index (χ0v) is 14.3. The molecule has 6 heteroatoms. The van der Waals surface area contributed by atoms with E-state index in [2.05, 4.69) is 5.32 Å². The molecule has 2 aromatic carbocycles. The fraction of sp³-hybridized carbons (Fsp3) is 0.263. The van der Waals surface area contributed by atoms with Crippen molar-refractivity contribution in [2.45, 2.75) is 12.8 Å². The molecule has 25 heavy (non-hydrogen) atoms. The summed E-state index contributed by atoms with van der Waals surface area (Å²) in [6.45, 7) is 0.784. The SMILES string of the molecule is O=C(Nc1ccccc1Cl)[C@@H]1CCCN(C(=O)c2ccccc2F)C1. The molecule has 1 aliphatic rings. The van der Waals surface area contributed by atoms with Gasteiger partial charge < -0.3 is 10.2 Å². The van der Waals surface area contributed by atoms with Gasteiger partial charge in [-0.2, -0.15) is 0 Å². The van der Waals surface area contributed by atoms with Crippen LogP contribution in [-0.4, -0.2) is 29.8 Å². The molecular formula is C19H18ClFN2O2. The Morgan fingerprint density at radius 1 is 1.12 bits per heavy atom. The number of carbonyl (C=O) groups is 2. The van der Waals surface area contributed by atoms with Gasteiger partial charge in [0.1, 0.15) is 5.82 Å². The molecule has 3 rings (SSSR count). The minimum Gasteiger partial charge on any atom is -0.338 e. The number of benzene rings is 2. The number of hydrogen-bond acceptors (Lipinski definition) is 2. The van der Waals surface area contributed by atoms with Gasteiger partial charge in [0.05, 0.1) is 22.2 Å². The lowest BCUT2D eigenvalue weighted by atomic mass is 9.96. The highest BCUT2D eigenvalue weighted by atomic mass is 35.5. The molecule has 1 fully saturated rings. The number of likely N-dealkylation sites (tertiary alicyclic amines) is 1. The smallest absolute Gasteiger partial charge is 0.256 e. The summed E-state index contributed by atoms with van der Waals surface area (Å²) in [5.41, 5.74) is 0.585. The summed E-state index contributed by atoms with van der Waals surface area (Å²) in [5, 5.41) is 3.27. The van der Waals surface area contributed by atoms with Crippen LogP contribution in [0.4, 0.5) is 10.1 Å². The highest BCUT2D eigenvalue weighted by Gasteiger charge is 2.30. The molecule has 0 spiro atoms. The van der Waals surface area contributed by atoms with Crippen molar-refractivity contribution in [3.8, 4) is 0 Å². The first-order chi connectivity index (χ1) is 12.1. The molecule has 2 amide bonds. The molecule has 2 aromatic rings. The Morgan fingerprint density at radius 3 is 2.60 bits per heavy atom. The van der Waals surface area contributed by atoms with Gasteiger partial charge in [0.25, 0.3) is 5.91 Å². The average molecular weight is 361 g/mol. The molecule has 1 N–H and O–H groups in total. The largest absolute Gasteiger partial charge is 0.338 e. The molecular weight excluding hydrogens is 343 g/mol. The van der Waals surface area contributed by atoms with Gasteiger partial charge in [-0.1, -0.05) is 35.9 Å². The van der Waals surface area contributed by atoms with E-state index in [-0.39, 0.29) is 29.8 Å². The molecule has 130 valence electrons. The van der Waals surface area contributed by atoms with E-state index in [1.54, 1.807) is 41.3 Å². The quantitative estimate of drug-likeness (QED) is 0.900. The van der Waals surface area contributed by atoms with Gasteiger partial charge in [-0.15, -0.1) is 0 Å². The summed E-state index contributed by atoms with van der Waals surface area (Å²) < 4.78 is 13.8. The first-order valence-electron chi connectivity index (χ1n) is 8.15. The average Bonchev–Trinajstić information content (AvgIpc) is 2.63. The van der Waals surface area contributed by atoms with Crippen molar-refractivity contribution in [2.24, 2.45) is 5.92 Å². The van der Waals surface area contributed by atoms with E-state index >= 15 is 0 Å². The highest BCUT2D eigenvalue weighted by Crippen LogP contribution is 2.24. The monoisotopic (exact) mass is 360 g/mol. The van der Waals surface area contributed by atoms with Crippen molar-refractivity contribution < 1.29 is 14.0 Å². The second-order valence-electron chi connectivity index (χ2n) is 6.04. The summed E-state index contributed by atoms with van der Waals surface area (Å²) in [5.74, 6) is -1.46. The lowest BCUT2D eigenvalue weighted by Gasteiger charge is -2.32. The van der Waals surface area contributed by atoms with Gasteiger partial charge in [0.2, 0.25) is 5.91 Å². The number of rotatable bonds is 3. The number of amides is 2. The Bertz CT molecular complexity index is 796. The van der Waals surface area contributed by atoms with Crippen LogP contribution < -0.4 is 5.32 Å². The Morgan fingerprint density at radius 2 is 1.84 bits per heavy atom.